The molecule has 4 heteroatoms. The Morgan fingerprint density at radius 1 is 1.13 bits per heavy atom. The number of hydrogen-bond acceptors (Lipinski definition) is 4. The van der Waals surface area contributed by atoms with E-state index in [9.17, 15) is 4.79 Å². The van der Waals surface area contributed by atoms with Crippen LogP contribution in [-0.4, -0.2) is 32.3 Å². The van der Waals surface area contributed by atoms with Gasteiger partial charge in [0.25, 0.3) is 0 Å². The molecule has 0 saturated carbocycles. The van der Waals surface area contributed by atoms with Crippen LogP contribution in [0, 0.1) is 0 Å². The van der Waals surface area contributed by atoms with Gasteiger partial charge in [-0.1, -0.05) is 19.4 Å². The van der Waals surface area contributed by atoms with Crippen molar-refractivity contribution < 1.29 is 14.3 Å². The molecule has 0 unspecified atom stereocenters. The maximum Gasteiger partial charge on any atom is 0.330 e. The Labute approximate surface area is 91.4 Å². The highest BCUT2D eigenvalue weighted by Crippen LogP contribution is 1.98. The lowest BCUT2D eigenvalue weighted by Crippen LogP contribution is -2.08. The standard InChI is InChI=1S/C11H21NO3/c1-2-11(13)15-10-9-14-8-6-4-3-5-7-12/h2H,1,3-10,12H2. The highest BCUT2D eigenvalue weighted by molar-refractivity contribution is 5.81. The van der Waals surface area contributed by atoms with Crippen LogP contribution in [0.3, 0.4) is 0 Å². The van der Waals surface area contributed by atoms with Crippen LogP contribution in [-0.2, 0) is 14.3 Å². The van der Waals surface area contributed by atoms with Gasteiger partial charge in [-0.05, 0) is 19.4 Å². The van der Waals surface area contributed by atoms with Gasteiger partial charge in [0.1, 0.15) is 6.61 Å². The van der Waals surface area contributed by atoms with E-state index in [2.05, 4.69) is 6.58 Å². The minimum atomic E-state index is -0.401. The molecule has 0 rings (SSSR count). The number of unbranched alkanes of at least 4 members (excludes halogenated alkanes) is 3. The fourth-order valence-electron chi connectivity index (χ4n) is 1.06. The van der Waals surface area contributed by atoms with E-state index in [0.29, 0.717) is 13.2 Å². The Balaban J connectivity index is 2.98. The summed E-state index contributed by atoms with van der Waals surface area (Å²) in [7, 11) is 0. The monoisotopic (exact) mass is 215 g/mol. The van der Waals surface area contributed by atoms with Gasteiger partial charge in [-0.3, -0.25) is 0 Å². The molecule has 88 valence electrons. The fraction of sp³-hybridized carbons (Fsp3) is 0.727. The molecule has 0 aromatic heterocycles. The van der Waals surface area contributed by atoms with Crippen LogP contribution in [0.2, 0.25) is 0 Å². The summed E-state index contributed by atoms with van der Waals surface area (Å²) in [6.45, 7) is 5.53. The Hall–Kier alpha value is -0.870. The van der Waals surface area contributed by atoms with Gasteiger partial charge < -0.3 is 15.2 Å². The molecule has 0 aliphatic carbocycles. The fourth-order valence-corrected chi connectivity index (χ4v) is 1.06. The van der Waals surface area contributed by atoms with Crippen molar-refractivity contribution in [2.24, 2.45) is 5.73 Å². The van der Waals surface area contributed by atoms with Gasteiger partial charge in [-0.25, -0.2) is 4.79 Å². The Morgan fingerprint density at radius 2 is 1.87 bits per heavy atom. The number of rotatable bonds is 10. The van der Waals surface area contributed by atoms with Crippen molar-refractivity contribution in [3.05, 3.63) is 12.7 Å². The SMILES string of the molecule is C=CC(=O)OCCOCCCCCCN. The first-order valence-electron chi connectivity index (χ1n) is 5.38. The molecular weight excluding hydrogens is 194 g/mol. The van der Waals surface area contributed by atoms with Crippen molar-refractivity contribution >= 4 is 5.97 Å². The summed E-state index contributed by atoms with van der Waals surface area (Å²) in [6, 6.07) is 0. The maximum atomic E-state index is 10.6. The third-order valence-corrected chi connectivity index (χ3v) is 1.88. The van der Waals surface area contributed by atoms with E-state index < -0.39 is 5.97 Å². The minimum absolute atomic E-state index is 0.299. The number of nitrogens with two attached hydrogens (primary N) is 1. The normalized spacial score (nSPS) is 9.93. The maximum absolute atomic E-state index is 10.6. The predicted octanol–water partition coefficient (Wildman–Crippen LogP) is 1.25. The van der Waals surface area contributed by atoms with E-state index in [1.54, 1.807) is 0 Å². The number of carbonyl (C=O) groups is 1. The lowest BCUT2D eigenvalue weighted by Gasteiger charge is -2.04. The van der Waals surface area contributed by atoms with E-state index in [0.717, 1.165) is 44.9 Å². The summed E-state index contributed by atoms with van der Waals surface area (Å²) in [5.41, 5.74) is 5.36. The third kappa shape index (κ3) is 11.1. The zero-order chi connectivity index (χ0) is 11.4. The molecule has 4 nitrogen and oxygen atoms in total. The first-order valence-corrected chi connectivity index (χ1v) is 5.38. The van der Waals surface area contributed by atoms with Gasteiger partial charge in [0.15, 0.2) is 0 Å². The van der Waals surface area contributed by atoms with Crippen LogP contribution in [0.15, 0.2) is 12.7 Å². The van der Waals surface area contributed by atoms with Crippen molar-refractivity contribution in [3.63, 3.8) is 0 Å². The summed E-state index contributed by atoms with van der Waals surface area (Å²) in [5, 5.41) is 0. The molecule has 0 spiro atoms. The number of hydrogen-bond donors (Lipinski definition) is 1. The molecule has 0 aliphatic rings. The molecule has 0 fully saturated rings. The highest BCUT2D eigenvalue weighted by Gasteiger charge is 1.94. The summed E-state index contributed by atoms with van der Waals surface area (Å²) >= 11 is 0. The van der Waals surface area contributed by atoms with Crippen molar-refractivity contribution in [1.29, 1.82) is 0 Å². The second kappa shape index (κ2) is 11.2. The van der Waals surface area contributed by atoms with Gasteiger partial charge in [0.2, 0.25) is 0 Å². The van der Waals surface area contributed by atoms with Gasteiger partial charge in [-0.2, -0.15) is 0 Å². The molecule has 2 N–H and O–H groups in total. The highest BCUT2D eigenvalue weighted by atomic mass is 16.6. The van der Waals surface area contributed by atoms with Gasteiger partial charge in [-0.15, -0.1) is 0 Å². The summed E-state index contributed by atoms with van der Waals surface area (Å²) in [4.78, 5) is 10.6. The second-order valence-electron chi connectivity index (χ2n) is 3.19. The van der Waals surface area contributed by atoms with Crippen LogP contribution in [0.1, 0.15) is 25.7 Å². The predicted molar refractivity (Wildman–Crippen MR) is 59.5 cm³/mol. The van der Waals surface area contributed by atoms with E-state index in [1.807, 2.05) is 0 Å². The zero-order valence-corrected chi connectivity index (χ0v) is 9.24. The van der Waals surface area contributed by atoms with Crippen LogP contribution in [0.4, 0.5) is 0 Å². The molecule has 0 bridgehead atoms. The van der Waals surface area contributed by atoms with Crippen molar-refractivity contribution in [2.75, 3.05) is 26.4 Å². The first kappa shape index (κ1) is 14.1. The molecule has 0 atom stereocenters. The van der Waals surface area contributed by atoms with Crippen LogP contribution >= 0.6 is 0 Å². The van der Waals surface area contributed by atoms with E-state index >= 15 is 0 Å². The summed E-state index contributed by atoms with van der Waals surface area (Å²) < 4.78 is 10.0. The second-order valence-corrected chi connectivity index (χ2v) is 3.19. The van der Waals surface area contributed by atoms with E-state index in [-0.39, 0.29) is 0 Å². The lowest BCUT2D eigenvalue weighted by atomic mass is 10.2. The topological polar surface area (TPSA) is 61.5 Å². The molecule has 0 aromatic carbocycles. The molecule has 15 heavy (non-hydrogen) atoms. The van der Waals surface area contributed by atoms with Crippen LogP contribution in [0.5, 0.6) is 0 Å². The average Bonchev–Trinajstić information content (AvgIpc) is 2.26. The molecule has 0 radical (unpaired) electrons. The third-order valence-electron chi connectivity index (χ3n) is 1.88. The number of esters is 1. The molecule has 0 heterocycles. The molecule has 0 aliphatic heterocycles. The zero-order valence-electron chi connectivity index (χ0n) is 9.24. The van der Waals surface area contributed by atoms with Crippen molar-refractivity contribution in [1.82, 2.24) is 0 Å². The lowest BCUT2D eigenvalue weighted by molar-refractivity contribution is -0.139. The first-order chi connectivity index (χ1) is 7.31. The van der Waals surface area contributed by atoms with Crippen molar-refractivity contribution in [3.8, 4) is 0 Å². The van der Waals surface area contributed by atoms with Crippen LogP contribution in [0.25, 0.3) is 0 Å². The summed E-state index contributed by atoms with van der Waals surface area (Å²) in [5.74, 6) is -0.401. The Bertz CT molecular complexity index is 171. The summed E-state index contributed by atoms with van der Waals surface area (Å²) in [6.07, 6.45) is 5.56. The number of ether oxygens (including phenoxy) is 2. The smallest absolute Gasteiger partial charge is 0.330 e. The molecule has 0 saturated heterocycles. The van der Waals surface area contributed by atoms with Gasteiger partial charge in [0, 0.05) is 12.7 Å². The van der Waals surface area contributed by atoms with E-state index in [4.69, 9.17) is 15.2 Å². The Kier molecular flexibility index (Phi) is 10.6. The quantitative estimate of drug-likeness (QED) is 0.338. The molecular formula is C11H21NO3. The minimum Gasteiger partial charge on any atom is -0.460 e. The van der Waals surface area contributed by atoms with Gasteiger partial charge in [0.05, 0.1) is 6.61 Å². The van der Waals surface area contributed by atoms with Crippen LogP contribution < -0.4 is 5.73 Å². The largest absolute Gasteiger partial charge is 0.460 e. The van der Waals surface area contributed by atoms with Crippen molar-refractivity contribution in [2.45, 2.75) is 25.7 Å². The molecule has 0 aromatic rings. The average molecular weight is 215 g/mol. The van der Waals surface area contributed by atoms with E-state index in [1.165, 1.54) is 0 Å². The molecule has 0 amide bonds. The number of carbonyl (C=O) groups excluding carboxylic acids is 1. The van der Waals surface area contributed by atoms with Gasteiger partial charge >= 0.3 is 5.97 Å². The Morgan fingerprint density at radius 3 is 2.53 bits per heavy atom.